The summed E-state index contributed by atoms with van der Waals surface area (Å²) in [5, 5.41) is 10.4. The number of nitrogens with one attached hydrogen (secondary N) is 2. The summed E-state index contributed by atoms with van der Waals surface area (Å²) in [7, 11) is 1.58. The van der Waals surface area contributed by atoms with Gasteiger partial charge in [-0.2, -0.15) is 5.10 Å². The molecule has 0 spiro atoms. The highest BCUT2D eigenvalue weighted by Gasteiger charge is 2.22. The first-order valence-electron chi connectivity index (χ1n) is 9.79. The van der Waals surface area contributed by atoms with Crippen molar-refractivity contribution in [3.63, 3.8) is 0 Å². The van der Waals surface area contributed by atoms with E-state index in [2.05, 4.69) is 21.6 Å². The predicted octanol–water partition coefficient (Wildman–Crippen LogP) is 5.66. The minimum absolute atomic E-state index is 0.263. The normalized spacial score (nSPS) is 11.0. The summed E-state index contributed by atoms with van der Waals surface area (Å²) in [6.07, 6.45) is 1.71. The fourth-order valence-electron chi connectivity index (χ4n) is 3.72. The predicted molar refractivity (Wildman–Crippen MR) is 118 cm³/mol. The van der Waals surface area contributed by atoms with Crippen molar-refractivity contribution in [2.75, 3.05) is 7.05 Å². The van der Waals surface area contributed by atoms with E-state index in [1.807, 2.05) is 42.5 Å². The van der Waals surface area contributed by atoms with Crippen molar-refractivity contribution in [3.8, 4) is 33.7 Å². The molecule has 5 rings (SSSR count). The van der Waals surface area contributed by atoms with Crippen molar-refractivity contribution in [2.24, 2.45) is 0 Å². The van der Waals surface area contributed by atoms with Gasteiger partial charge < -0.3 is 9.73 Å². The maximum Gasteiger partial charge on any atom is 0.255 e. The Balaban J connectivity index is 1.67. The first-order chi connectivity index (χ1) is 15.1. The molecule has 5 aromatic rings. The number of aromatic amines is 1. The third-order valence-electron chi connectivity index (χ3n) is 5.26. The van der Waals surface area contributed by atoms with Crippen LogP contribution in [0, 0.1) is 5.82 Å². The molecule has 0 unspecified atom stereocenters. The zero-order valence-corrected chi connectivity index (χ0v) is 16.6. The summed E-state index contributed by atoms with van der Waals surface area (Å²) in [5.41, 5.74) is 5.55. The van der Waals surface area contributed by atoms with Crippen LogP contribution in [0.1, 0.15) is 10.4 Å². The standard InChI is InChI=1S/C25H18FN3O2/c1-27-25(30)23-20-14-17(16-3-2-4-18(13-16)21-11-12-28-29-21)7-10-22(20)31-24(23)15-5-8-19(26)9-6-15/h2-14H,1H3,(H,27,30)(H,28,29). The SMILES string of the molecule is CNC(=O)c1c(-c2ccc(F)cc2)oc2ccc(-c3cccc(-c4ccn[nH]4)c3)cc12. The van der Waals surface area contributed by atoms with Gasteiger partial charge in [0.15, 0.2) is 0 Å². The maximum atomic E-state index is 13.4. The van der Waals surface area contributed by atoms with E-state index >= 15 is 0 Å². The number of carbonyl (C=O) groups is 1. The summed E-state index contributed by atoms with van der Waals surface area (Å²) >= 11 is 0. The van der Waals surface area contributed by atoms with Gasteiger partial charge in [-0.05, 0) is 59.7 Å². The number of furan rings is 1. The van der Waals surface area contributed by atoms with E-state index in [1.54, 1.807) is 25.4 Å². The van der Waals surface area contributed by atoms with Crippen LogP contribution in [-0.4, -0.2) is 23.2 Å². The highest BCUT2D eigenvalue weighted by molar-refractivity contribution is 6.11. The average molecular weight is 411 g/mol. The quantitative estimate of drug-likeness (QED) is 0.401. The second kappa shape index (κ2) is 7.57. The highest BCUT2D eigenvalue weighted by Crippen LogP contribution is 2.36. The molecule has 0 fully saturated rings. The van der Waals surface area contributed by atoms with E-state index in [4.69, 9.17) is 4.42 Å². The van der Waals surface area contributed by atoms with Crippen LogP contribution in [-0.2, 0) is 0 Å². The molecule has 6 heteroatoms. The van der Waals surface area contributed by atoms with Crippen molar-refractivity contribution in [1.29, 1.82) is 0 Å². The smallest absolute Gasteiger partial charge is 0.255 e. The van der Waals surface area contributed by atoms with Crippen LogP contribution in [0.15, 0.2) is 83.4 Å². The summed E-state index contributed by atoms with van der Waals surface area (Å²) in [5.74, 6) is -0.195. The van der Waals surface area contributed by atoms with Crippen molar-refractivity contribution in [3.05, 3.63) is 90.4 Å². The van der Waals surface area contributed by atoms with E-state index in [9.17, 15) is 9.18 Å². The third kappa shape index (κ3) is 3.38. The van der Waals surface area contributed by atoms with E-state index in [1.165, 1.54) is 12.1 Å². The monoisotopic (exact) mass is 411 g/mol. The number of halogens is 1. The molecule has 0 saturated heterocycles. The molecule has 0 aliphatic rings. The number of H-pyrrole nitrogens is 1. The molecule has 0 radical (unpaired) electrons. The highest BCUT2D eigenvalue weighted by atomic mass is 19.1. The van der Waals surface area contributed by atoms with Crippen LogP contribution in [0.2, 0.25) is 0 Å². The first-order valence-corrected chi connectivity index (χ1v) is 9.79. The Labute approximate surface area is 177 Å². The lowest BCUT2D eigenvalue weighted by atomic mass is 9.98. The minimum Gasteiger partial charge on any atom is -0.455 e. The largest absolute Gasteiger partial charge is 0.455 e. The van der Waals surface area contributed by atoms with Gasteiger partial charge in [-0.15, -0.1) is 0 Å². The Bertz CT molecular complexity index is 1390. The third-order valence-corrected chi connectivity index (χ3v) is 5.26. The lowest BCUT2D eigenvalue weighted by molar-refractivity contribution is 0.0964. The first kappa shape index (κ1) is 18.8. The molecule has 0 aliphatic carbocycles. The Morgan fingerprint density at radius 2 is 1.68 bits per heavy atom. The molecule has 3 aromatic carbocycles. The number of aromatic nitrogens is 2. The van der Waals surface area contributed by atoms with Gasteiger partial charge in [0.05, 0.1) is 11.3 Å². The summed E-state index contributed by atoms with van der Waals surface area (Å²) in [6, 6.07) is 21.7. The number of amides is 1. The van der Waals surface area contributed by atoms with Crippen LogP contribution in [0.4, 0.5) is 4.39 Å². The van der Waals surface area contributed by atoms with Gasteiger partial charge in [0, 0.05) is 29.8 Å². The Kier molecular flexibility index (Phi) is 4.59. The van der Waals surface area contributed by atoms with Crippen LogP contribution in [0.25, 0.3) is 44.7 Å². The number of fused-ring (bicyclic) bond motifs is 1. The van der Waals surface area contributed by atoms with E-state index in [-0.39, 0.29) is 11.7 Å². The molecule has 2 heterocycles. The Hall–Kier alpha value is -4.19. The van der Waals surface area contributed by atoms with Crippen LogP contribution < -0.4 is 5.32 Å². The lowest BCUT2D eigenvalue weighted by Crippen LogP contribution is -2.18. The molecule has 31 heavy (non-hydrogen) atoms. The zero-order valence-electron chi connectivity index (χ0n) is 16.6. The van der Waals surface area contributed by atoms with Gasteiger partial charge in [-0.25, -0.2) is 4.39 Å². The molecule has 0 bridgehead atoms. The number of benzene rings is 3. The van der Waals surface area contributed by atoms with Crippen molar-refractivity contribution in [1.82, 2.24) is 15.5 Å². The second-order valence-corrected chi connectivity index (χ2v) is 7.15. The fraction of sp³-hybridized carbons (Fsp3) is 0.0400. The number of nitrogens with zero attached hydrogens (tertiary/aromatic N) is 1. The molecule has 0 aliphatic heterocycles. The van der Waals surface area contributed by atoms with Gasteiger partial charge in [0.2, 0.25) is 0 Å². The molecule has 0 saturated carbocycles. The van der Waals surface area contributed by atoms with Crippen molar-refractivity contribution >= 4 is 16.9 Å². The number of rotatable bonds is 4. The molecular weight excluding hydrogens is 393 g/mol. The Morgan fingerprint density at radius 3 is 2.42 bits per heavy atom. The second-order valence-electron chi connectivity index (χ2n) is 7.15. The number of hydrogen-bond acceptors (Lipinski definition) is 3. The van der Waals surface area contributed by atoms with Crippen LogP contribution in [0.5, 0.6) is 0 Å². The topological polar surface area (TPSA) is 70.9 Å². The average Bonchev–Trinajstić information content (AvgIpc) is 3.47. The summed E-state index contributed by atoms with van der Waals surface area (Å²) < 4.78 is 19.4. The number of hydrogen-bond donors (Lipinski definition) is 2. The molecular formula is C25H18FN3O2. The molecule has 152 valence electrons. The number of carbonyl (C=O) groups excluding carboxylic acids is 1. The van der Waals surface area contributed by atoms with Crippen LogP contribution >= 0.6 is 0 Å². The van der Waals surface area contributed by atoms with Gasteiger partial charge in [-0.3, -0.25) is 9.89 Å². The van der Waals surface area contributed by atoms with Crippen LogP contribution in [0.3, 0.4) is 0 Å². The fourth-order valence-corrected chi connectivity index (χ4v) is 3.72. The van der Waals surface area contributed by atoms with Gasteiger partial charge in [0.25, 0.3) is 5.91 Å². The van der Waals surface area contributed by atoms with E-state index in [0.717, 1.165) is 22.4 Å². The Morgan fingerprint density at radius 1 is 0.935 bits per heavy atom. The minimum atomic E-state index is -0.346. The van der Waals surface area contributed by atoms with Gasteiger partial charge >= 0.3 is 0 Å². The van der Waals surface area contributed by atoms with Crippen molar-refractivity contribution < 1.29 is 13.6 Å². The van der Waals surface area contributed by atoms with Gasteiger partial charge in [0.1, 0.15) is 17.2 Å². The van der Waals surface area contributed by atoms with Gasteiger partial charge in [-0.1, -0.05) is 24.3 Å². The van der Waals surface area contributed by atoms with E-state index < -0.39 is 0 Å². The maximum absolute atomic E-state index is 13.4. The molecule has 0 atom stereocenters. The molecule has 2 aromatic heterocycles. The summed E-state index contributed by atoms with van der Waals surface area (Å²) in [6.45, 7) is 0. The lowest BCUT2D eigenvalue weighted by Gasteiger charge is -2.06. The zero-order chi connectivity index (χ0) is 21.4. The van der Waals surface area contributed by atoms with E-state index in [0.29, 0.717) is 27.9 Å². The summed E-state index contributed by atoms with van der Waals surface area (Å²) in [4.78, 5) is 12.8. The molecule has 1 amide bonds. The molecule has 5 nitrogen and oxygen atoms in total. The molecule has 2 N–H and O–H groups in total. The van der Waals surface area contributed by atoms with Crippen molar-refractivity contribution in [2.45, 2.75) is 0 Å².